The van der Waals surface area contributed by atoms with E-state index >= 15 is 0 Å². The van der Waals surface area contributed by atoms with Gasteiger partial charge in [0.05, 0.1) is 6.61 Å². The van der Waals surface area contributed by atoms with Gasteiger partial charge in [-0.2, -0.15) is 0 Å². The molecule has 1 amide bonds. The smallest absolute Gasteiger partial charge is 0.260 e. The van der Waals surface area contributed by atoms with E-state index in [1.54, 1.807) is 12.1 Å². The SMILES string of the molecule is O=C(COc1ccccc1CO)N1CCC(Cc2ccccc2)CC1. The number of rotatable bonds is 6. The first-order valence-electron chi connectivity index (χ1n) is 8.89. The Bertz CT molecular complexity index is 679. The molecule has 1 aliphatic heterocycles. The molecule has 25 heavy (non-hydrogen) atoms. The van der Waals surface area contributed by atoms with Crippen molar-refractivity contribution < 1.29 is 14.6 Å². The van der Waals surface area contributed by atoms with Gasteiger partial charge in [-0.25, -0.2) is 0 Å². The number of amides is 1. The summed E-state index contributed by atoms with van der Waals surface area (Å²) in [6.45, 7) is 1.53. The molecule has 0 saturated carbocycles. The van der Waals surface area contributed by atoms with Crippen LogP contribution in [0.3, 0.4) is 0 Å². The number of piperidine rings is 1. The number of benzene rings is 2. The highest BCUT2D eigenvalue weighted by Gasteiger charge is 2.23. The monoisotopic (exact) mass is 339 g/mol. The van der Waals surface area contributed by atoms with Crippen LogP contribution in [0.2, 0.25) is 0 Å². The summed E-state index contributed by atoms with van der Waals surface area (Å²) in [4.78, 5) is 14.3. The Labute approximate surface area is 149 Å². The van der Waals surface area contributed by atoms with Crippen molar-refractivity contribution in [2.45, 2.75) is 25.9 Å². The van der Waals surface area contributed by atoms with Crippen molar-refractivity contribution >= 4 is 5.91 Å². The van der Waals surface area contributed by atoms with Crippen LogP contribution in [-0.2, 0) is 17.8 Å². The molecule has 0 aliphatic carbocycles. The molecular weight excluding hydrogens is 314 g/mol. The highest BCUT2D eigenvalue weighted by Crippen LogP contribution is 2.22. The molecule has 0 radical (unpaired) electrons. The summed E-state index contributed by atoms with van der Waals surface area (Å²) in [6, 6.07) is 17.8. The number of aliphatic hydroxyl groups excluding tert-OH is 1. The molecule has 1 aliphatic rings. The van der Waals surface area contributed by atoms with Crippen molar-refractivity contribution in [2.24, 2.45) is 5.92 Å². The summed E-state index contributed by atoms with van der Waals surface area (Å²) in [5.41, 5.74) is 2.08. The van der Waals surface area contributed by atoms with Gasteiger partial charge in [-0.1, -0.05) is 48.5 Å². The Hall–Kier alpha value is -2.33. The van der Waals surface area contributed by atoms with Crippen molar-refractivity contribution in [1.29, 1.82) is 0 Å². The average molecular weight is 339 g/mol. The van der Waals surface area contributed by atoms with Crippen molar-refractivity contribution in [3.8, 4) is 5.75 Å². The topological polar surface area (TPSA) is 49.8 Å². The van der Waals surface area contributed by atoms with Crippen molar-refractivity contribution in [3.05, 3.63) is 65.7 Å². The molecule has 0 bridgehead atoms. The van der Waals surface area contributed by atoms with Crippen LogP contribution >= 0.6 is 0 Å². The van der Waals surface area contributed by atoms with Gasteiger partial charge in [0, 0.05) is 18.7 Å². The van der Waals surface area contributed by atoms with Crippen molar-refractivity contribution in [1.82, 2.24) is 4.90 Å². The minimum Gasteiger partial charge on any atom is -0.483 e. The molecule has 0 atom stereocenters. The third-order valence-electron chi connectivity index (χ3n) is 4.83. The Morgan fingerprint density at radius 2 is 1.72 bits per heavy atom. The van der Waals surface area contributed by atoms with Crippen LogP contribution in [0, 0.1) is 5.92 Å². The number of para-hydroxylation sites is 1. The minimum absolute atomic E-state index is 0.0194. The van der Waals surface area contributed by atoms with Crippen molar-refractivity contribution in [3.63, 3.8) is 0 Å². The molecule has 2 aromatic rings. The molecule has 4 heteroatoms. The first-order chi connectivity index (χ1) is 12.3. The fourth-order valence-corrected chi connectivity index (χ4v) is 3.34. The standard InChI is InChI=1S/C21H25NO3/c23-15-19-8-4-5-9-20(19)25-16-21(24)22-12-10-18(11-13-22)14-17-6-2-1-3-7-17/h1-9,18,23H,10-16H2. The van der Waals surface area contributed by atoms with Crippen LogP contribution in [0.5, 0.6) is 5.75 Å². The van der Waals surface area contributed by atoms with Crippen LogP contribution in [0.4, 0.5) is 0 Å². The van der Waals surface area contributed by atoms with Gasteiger partial charge >= 0.3 is 0 Å². The van der Waals surface area contributed by atoms with Gasteiger partial charge in [0.2, 0.25) is 0 Å². The Balaban J connectivity index is 1.45. The molecule has 1 fully saturated rings. The highest BCUT2D eigenvalue weighted by molar-refractivity contribution is 5.77. The predicted molar refractivity (Wildman–Crippen MR) is 97.3 cm³/mol. The number of ether oxygens (including phenoxy) is 1. The summed E-state index contributed by atoms with van der Waals surface area (Å²) in [5.74, 6) is 1.24. The van der Waals surface area contributed by atoms with Gasteiger partial charge in [-0.15, -0.1) is 0 Å². The zero-order valence-electron chi connectivity index (χ0n) is 14.4. The fraction of sp³-hybridized carbons (Fsp3) is 0.381. The minimum atomic E-state index is -0.0881. The molecular formula is C21H25NO3. The summed E-state index contributed by atoms with van der Waals surface area (Å²) < 4.78 is 5.61. The summed E-state index contributed by atoms with van der Waals surface area (Å²) >= 11 is 0. The number of likely N-dealkylation sites (tertiary alicyclic amines) is 1. The molecule has 2 aromatic carbocycles. The largest absolute Gasteiger partial charge is 0.483 e. The van der Waals surface area contributed by atoms with E-state index in [1.807, 2.05) is 23.1 Å². The lowest BCUT2D eigenvalue weighted by Crippen LogP contribution is -2.41. The lowest BCUT2D eigenvalue weighted by molar-refractivity contribution is -0.134. The second-order valence-corrected chi connectivity index (χ2v) is 6.57. The number of carbonyl (C=O) groups excluding carboxylic acids is 1. The third-order valence-corrected chi connectivity index (χ3v) is 4.83. The number of hydrogen-bond donors (Lipinski definition) is 1. The van der Waals surface area contributed by atoms with Gasteiger partial charge in [0.25, 0.3) is 5.91 Å². The van der Waals surface area contributed by atoms with Crippen LogP contribution in [-0.4, -0.2) is 35.6 Å². The summed E-state index contributed by atoms with van der Waals surface area (Å²) in [7, 11) is 0. The first-order valence-corrected chi connectivity index (χ1v) is 8.89. The molecule has 0 spiro atoms. The van der Waals surface area contributed by atoms with Gasteiger partial charge < -0.3 is 14.7 Å². The second kappa shape index (κ2) is 8.67. The zero-order chi connectivity index (χ0) is 17.5. The zero-order valence-corrected chi connectivity index (χ0v) is 14.4. The second-order valence-electron chi connectivity index (χ2n) is 6.57. The number of nitrogens with zero attached hydrogens (tertiary/aromatic N) is 1. The number of carbonyl (C=O) groups is 1. The van der Waals surface area contributed by atoms with Gasteiger partial charge in [-0.3, -0.25) is 4.79 Å². The van der Waals surface area contributed by atoms with Crippen LogP contribution in [0.1, 0.15) is 24.0 Å². The van der Waals surface area contributed by atoms with Gasteiger partial charge in [0.1, 0.15) is 5.75 Å². The summed E-state index contributed by atoms with van der Waals surface area (Å²) in [6.07, 6.45) is 3.16. The third kappa shape index (κ3) is 4.83. The van der Waals surface area contributed by atoms with E-state index in [4.69, 9.17) is 4.74 Å². The average Bonchev–Trinajstić information content (AvgIpc) is 2.67. The maximum atomic E-state index is 12.4. The molecule has 3 rings (SSSR count). The highest BCUT2D eigenvalue weighted by atomic mass is 16.5. The van der Waals surface area contributed by atoms with E-state index in [9.17, 15) is 9.90 Å². The van der Waals surface area contributed by atoms with E-state index in [2.05, 4.69) is 24.3 Å². The molecule has 4 nitrogen and oxygen atoms in total. The Kier molecular flexibility index (Phi) is 6.07. The fourth-order valence-electron chi connectivity index (χ4n) is 3.34. The normalized spacial score (nSPS) is 15.2. The van der Waals surface area contributed by atoms with Crippen molar-refractivity contribution in [2.75, 3.05) is 19.7 Å². The first kappa shape index (κ1) is 17.5. The molecule has 0 aromatic heterocycles. The van der Waals surface area contributed by atoms with Gasteiger partial charge in [-0.05, 0) is 36.8 Å². The van der Waals surface area contributed by atoms with E-state index in [1.165, 1.54) is 5.56 Å². The molecule has 1 saturated heterocycles. The quantitative estimate of drug-likeness (QED) is 0.880. The number of aliphatic hydroxyl groups is 1. The number of hydrogen-bond acceptors (Lipinski definition) is 3. The Morgan fingerprint density at radius 3 is 2.44 bits per heavy atom. The molecule has 0 unspecified atom stereocenters. The van der Waals surface area contributed by atoms with Crippen LogP contribution in [0.15, 0.2) is 54.6 Å². The van der Waals surface area contributed by atoms with E-state index < -0.39 is 0 Å². The van der Waals surface area contributed by atoms with E-state index in [0.29, 0.717) is 17.2 Å². The van der Waals surface area contributed by atoms with E-state index in [0.717, 1.165) is 32.4 Å². The Morgan fingerprint density at radius 1 is 1.04 bits per heavy atom. The molecule has 132 valence electrons. The van der Waals surface area contributed by atoms with Gasteiger partial charge in [0.15, 0.2) is 6.61 Å². The molecule has 1 N–H and O–H groups in total. The molecule has 1 heterocycles. The summed E-state index contributed by atoms with van der Waals surface area (Å²) in [5, 5.41) is 9.31. The predicted octanol–water partition coefficient (Wildman–Crippen LogP) is 3.04. The lowest BCUT2D eigenvalue weighted by Gasteiger charge is -2.32. The van der Waals surface area contributed by atoms with E-state index in [-0.39, 0.29) is 19.1 Å². The van der Waals surface area contributed by atoms with Crippen LogP contribution < -0.4 is 4.74 Å². The maximum Gasteiger partial charge on any atom is 0.260 e. The maximum absolute atomic E-state index is 12.4. The lowest BCUT2D eigenvalue weighted by atomic mass is 9.90. The van der Waals surface area contributed by atoms with Crippen LogP contribution in [0.25, 0.3) is 0 Å².